The van der Waals surface area contributed by atoms with Crippen molar-refractivity contribution in [3.8, 4) is 0 Å². The molecule has 1 fully saturated rings. The van der Waals surface area contributed by atoms with Crippen molar-refractivity contribution in [2.24, 2.45) is 11.8 Å². The minimum Gasteiger partial charge on any atom is -0.359 e. The summed E-state index contributed by atoms with van der Waals surface area (Å²) < 4.78 is 0. The van der Waals surface area contributed by atoms with Crippen molar-refractivity contribution >= 4 is 5.82 Å². The van der Waals surface area contributed by atoms with Crippen molar-refractivity contribution in [3.63, 3.8) is 0 Å². The fourth-order valence-electron chi connectivity index (χ4n) is 2.05. The molecule has 1 aliphatic rings. The Labute approximate surface area is 111 Å². The third-order valence-electron chi connectivity index (χ3n) is 3.27. The quantitative estimate of drug-likeness (QED) is 0.803. The van der Waals surface area contributed by atoms with Gasteiger partial charge in [-0.15, -0.1) is 0 Å². The van der Waals surface area contributed by atoms with Gasteiger partial charge in [-0.1, -0.05) is 19.9 Å². The summed E-state index contributed by atoms with van der Waals surface area (Å²) in [5.74, 6) is 2.69. The summed E-state index contributed by atoms with van der Waals surface area (Å²) in [4.78, 5) is 7.00. The molecule has 1 saturated carbocycles. The molecular formula is C15H25N3. The van der Waals surface area contributed by atoms with Gasteiger partial charge < -0.3 is 10.2 Å². The van der Waals surface area contributed by atoms with Crippen LogP contribution >= 0.6 is 0 Å². The molecule has 1 aromatic rings. The molecule has 1 N–H and O–H groups in total. The van der Waals surface area contributed by atoms with Crippen LogP contribution in [0.3, 0.4) is 0 Å². The van der Waals surface area contributed by atoms with Crippen molar-refractivity contribution in [3.05, 3.63) is 23.9 Å². The lowest BCUT2D eigenvalue weighted by molar-refractivity contribution is 0.548. The maximum absolute atomic E-state index is 4.71. The second kappa shape index (κ2) is 6.19. The highest BCUT2D eigenvalue weighted by Gasteiger charge is 2.23. The molecule has 2 rings (SSSR count). The minimum atomic E-state index is 0.686. The molecule has 0 amide bonds. The topological polar surface area (TPSA) is 28.2 Å². The van der Waals surface area contributed by atoms with Gasteiger partial charge in [0.05, 0.1) is 5.69 Å². The van der Waals surface area contributed by atoms with Crippen molar-refractivity contribution in [1.82, 2.24) is 10.3 Å². The summed E-state index contributed by atoms with van der Waals surface area (Å²) in [5.41, 5.74) is 1.13. The van der Waals surface area contributed by atoms with E-state index in [1.807, 2.05) is 0 Å². The summed E-state index contributed by atoms with van der Waals surface area (Å²) in [5, 5.41) is 3.44. The predicted octanol–water partition coefficient (Wildman–Crippen LogP) is 2.67. The van der Waals surface area contributed by atoms with Crippen LogP contribution in [-0.4, -0.2) is 25.1 Å². The predicted molar refractivity (Wildman–Crippen MR) is 76.8 cm³/mol. The Bertz CT molecular complexity index is 372. The van der Waals surface area contributed by atoms with Crippen molar-refractivity contribution in [1.29, 1.82) is 0 Å². The van der Waals surface area contributed by atoms with Crippen LogP contribution in [-0.2, 0) is 6.54 Å². The van der Waals surface area contributed by atoms with Gasteiger partial charge in [-0.2, -0.15) is 0 Å². The molecule has 0 saturated heterocycles. The summed E-state index contributed by atoms with van der Waals surface area (Å²) >= 11 is 0. The number of pyridine rings is 1. The fourth-order valence-corrected chi connectivity index (χ4v) is 2.05. The van der Waals surface area contributed by atoms with E-state index in [0.717, 1.165) is 37.1 Å². The van der Waals surface area contributed by atoms with E-state index in [0.29, 0.717) is 5.92 Å². The molecule has 18 heavy (non-hydrogen) atoms. The van der Waals surface area contributed by atoms with Crippen LogP contribution in [0.15, 0.2) is 18.2 Å². The molecule has 0 bridgehead atoms. The maximum atomic E-state index is 4.71. The molecule has 1 aliphatic carbocycles. The van der Waals surface area contributed by atoms with Gasteiger partial charge in [-0.05, 0) is 43.4 Å². The second-order valence-electron chi connectivity index (χ2n) is 5.84. The maximum Gasteiger partial charge on any atom is 0.128 e. The average Bonchev–Trinajstić information content (AvgIpc) is 3.13. The van der Waals surface area contributed by atoms with E-state index in [1.165, 1.54) is 12.8 Å². The zero-order chi connectivity index (χ0) is 13.0. The van der Waals surface area contributed by atoms with Gasteiger partial charge >= 0.3 is 0 Å². The molecule has 0 aromatic carbocycles. The first-order valence-electron chi connectivity index (χ1n) is 7.03. The Morgan fingerprint density at radius 3 is 2.83 bits per heavy atom. The Hall–Kier alpha value is -1.09. The highest BCUT2D eigenvalue weighted by molar-refractivity contribution is 5.38. The third kappa shape index (κ3) is 4.30. The first-order chi connectivity index (χ1) is 8.65. The van der Waals surface area contributed by atoms with Crippen LogP contribution in [0.4, 0.5) is 5.82 Å². The van der Waals surface area contributed by atoms with E-state index in [4.69, 9.17) is 4.98 Å². The Balaban J connectivity index is 1.87. The number of anilines is 1. The number of nitrogens with zero attached hydrogens (tertiary/aromatic N) is 2. The molecule has 1 aromatic heterocycles. The largest absolute Gasteiger partial charge is 0.359 e. The number of nitrogens with one attached hydrogen (secondary N) is 1. The van der Waals surface area contributed by atoms with Crippen LogP contribution in [0.25, 0.3) is 0 Å². The Kier molecular flexibility index (Phi) is 4.59. The van der Waals surface area contributed by atoms with Crippen LogP contribution in [0.2, 0.25) is 0 Å². The number of aromatic nitrogens is 1. The van der Waals surface area contributed by atoms with Crippen molar-refractivity contribution in [2.45, 2.75) is 33.2 Å². The van der Waals surface area contributed by atoms with Gasteiger partial charge in [0.2, 0.25) is 0 Å². The van der Waals surface area contributed by atoms with Gasteiger partial charge in [0.1, 0.15) is 5.82 Å². The lowest BCUT2D eigenvalue weighted by Crippen LogP contribution is -2.23. The highest BCUT2D eigenvalue weighted by Crippen LogP contribution is 2.30. The molecule has 100 valence electrons. The average molecular weight is 247 g/mol. The van der Waals surface area contributed by atoms with E-state index >= 15 is 0 Å². The van der Waals surface area contributed by atoms with Gasteiger partial charge in [0.25, 0.3) is 0 Å². The van der Waals surface area contributed by atoms with E-state index in [9.17, 15) is 0 Å². The smallest absolute Gasteiger partial charge is 0.128 e. The normalized spacial score (nSPS) is 15.1. The van der Waals surface area contributed by atoms with Gasteiger partial charge in [-0.25, -0.2) is 4.98 Å². The van der Waals surface area contributed by atoms with E-state index in [2.05, 4.69) is 49.3 Å². The third-order valence-corrected chi connectivity index (χ3v) is 3.27. The highest BCUT2D eigenvalue weighted by atomic mass is 15.2. The first-order valence-corrected chi connectivity index (χ1v) is 7.03. The SMILES string of the molecule is CC(C)CNCc1cccc(N(C)CC2CC2)n1. The Morgan fingerprint density at radius 1 is 1.39 bits per heavy atom. The Morgan fingerprint density at radius 2 is 2.17 bits per heavy atom. The van der Waals surface area contributed by atoms with E-state index < -0.39 is 0 Å². The van der Waals surface area contributed by atoms with Crippen LogP contribution in [0.5, 0.6) is 0 Å². The zero-order valence-corrected chi connectivity index (χ0v) is 11.8. The number of hydrogen-bond donors (Lipinski definition) is 1. The summed E-state index contributed by atoms with van der Waals surface area (Å²) in [6, 6.07) is 6.31. The summed E-state index contributed by atoms with van der Waals surface area (Å²) in [6.45, 7) is 7.50. The second-order valence-corrected chi connectivity index (χ2v) is 5.84. The van der Waals surface area contributed by atoms with Crippen LogP contribution in [0.1, 0.15) is 32.4 Å². The van der Waals surface area contributed by atoms with E-state index in [1.54, 1.807) is 0 Å². The van der Waals surface area contributed by atoms with Crippen LogP contribution < -0.4 is 10.2 Å². The van der Waals surface area contributed by atoms with Crippen LogP contribution in [0, 0.1) is 11.8 Å². The van der Waals surface area contributed by atoms with Gasteiger partial charge in [0.15, 0.2) is 0 Å². The van der Waals surface area contributed by atoms with Gasteiger partial charge in [0, 0.05) is 20.1 Å². The zero-order valence-electron chi connectivity index (χ0n) is 11.8. The molecular weight excluding hydrogens is 222 g/mol. The monoisotopic (exact) mass is 247 g/mol. The first kappa shape index (κ1) is 13.3. The van der Waals surface area contributed by atoms with Crippen molar-refractivity contribution < 1.29 is 0 Å². The molecule has 3 nitrogen and oxygen atoms in total. The fraction of sp³-hybridized carbons (Fsp3) is 0.667. The lowest BCUT2D eigenvalue weighted by atomic mass is 10.2. The molecule has 0 spiro atoms. The molecule has 0 radical (unpaired) electrons. The van der Waals surface area contributed by atoms with Gasteiger partial charge in [-0.3, -0.25) is 0 Å². The number of rotatable bonds is 7. The molecule has 0 unspecified atom stereocenters. The minimum absolute atomic E-state index is 0.686. The summed E-state index contributed by atoms with van der Waals surface area (Å²) in [7, 11) is 2.14. The lowest BCUT2D eigenvalue weighted by Gasteiger charge is -2.18. The molecule has 3 heteroatoms. The van der Waals surface area contributed by atoms with E-state index in [-0.39, 0.29) is 0 Å². The van der Waals surface area contributed by atoms with Crippen molar-refractivity contribution in [2.75, 3.05) is 25.0 Å². The molecule has 1 heterocycles. The molecule has 0 atom stereocenters. The molecule has 0 aliphatic heterocycles. The standard InChI is InChI=1S/C15H25N3/c1-12(2)9-16-10-14-5-4-6-15(17-14)18(3)11-13-7-8-13/h4-6,12-13,16H,7-11H2,1-3H3. The summed E-state index contributed by atoms with van der Waals surface area (Å²) in [6.07, 6.45) is 2.78. The number of hydrogen-bond acceptors (Lipinski definition) is 3.